The first-order chi connectivity index (χ1) is 8.58. The molecule has 2 rings (SSSR count). The van der Waals surface area contributed by atoms with Gasteiger partial charge in [-0.05, 0) is 37.1 Å². The van der Waals surface area contributed by atoms with Gasteiger partial charge in [-0.3, -0.25) is 4.98 Å². The lowest BCUT2D eigenvalue weighted by molar-refractivity contribution is 0.633. The van der Waals surface area contributed by atoms with Crippen LogP contribution in [0.3, 0.4) is 0 Å². The average Bonchev–Trinajstić information content (AvgIpc) is 2.37. The van der Waals surface area contributed by atoms with E-state index in [2.05, 4.69) is 10.3 Å². The molecule has 0 aliphatic rings. The zero-order valence-electron chi connectivity index (χ0n) is 10.5. The van der Waals surface area contributed by atoms with E-state index in [9.17, 15) is 4.39 Å². The highest BCUT2D eigenvalue weighted by atomic mass is 19.1. The zero-order valence-corrected chi connectivity index (χ0v) is 10.5. The van der Waals surface area contributed by atoms with E-state index < -0.39 is 5.82 Å². The van der Waals surface area contributed by atoms with E-state index in [1.807, 2.05) is 19.1 Å². The Balaban J connectivity index is 2.11. The summed E-state index contributed by atoms with van der Waals surface area (Å²) in [4.78, 5) is 4.25. The number of anilines is 2. The summed E-state index contributed by atoms with van der Waals surface area (Å²) in [6, 6.07) is 7.38. The van der Waals surface area contributed by atoms with Gasteiger partial charge >= 0.3 is 0 Å². The molecule has 1 heterocycles. The van der Waals surface area contributed by atoms with Crippen molar-refractivity contribution in [1.29, 1.82) is 0 Å². The number of hydrogen-bond acceptors (Lipinski definition) is 3. The quantitative estimate of drug-likeness (QED) is 0.817. The number of pyridine rings is 1. The van der Waals surface area contributed by atoms with Gasteiger partial charge in [0.25, 0.3) is 0 Å². The Bertz CT molecular complexity index is 550. The third-order valence-corrected chi connectivity index (χ3v) is 2.83. The van der Waals surface area contributed by atoms with E-state index in [1.165, 1.54) is 0 Å². The van der Waals surface area contributed by atoms with E-state index in [-0.39, 0.29) is 5.69 Å². The molecule has 0 fully saturated rings. The van der Waals surface area contributed by atoms with Crippen LogP contribution in [0.4, 0.5) is 15.8 Å². The molecule has 2 aromatic rings. The Morgan fingerprint density at radius 2 is 2.00 bits per heavy atom. The van der Waals surface area contributed by atoms with Gasteiger partial charge in [-0.1, -0.05) is 12.1 Å². The summed E-state index contributed by atoms with van der Waals surface area (Å²) in [6.45, 7) is 4.23. The van der Waals surface area contributed by atoms with E-state index in [4.69, 9.17) is 5.73 Å². The van der Waals surface area contributed by atoms with Crippen molar-refractivity contribution in [2.75, 3.05) is 11.1 Å². The minimum Gasteiger partial charge on any atom is -0.396 e. The molecule has 0 unspecified atom stereocenters. The molecule has 18 heavy (non-hydrogen) atoms. The van der Waals surface area contributed by atoms with Crippen molar-refractivity contribution < 1.29 is 4.39 Å². The molecule has 0 radical (unpaired) electrons. The molecule has 3 N–H and O–H groups in total. The summed E-state index contributed by atoms with van der Waals surface area (Å²) in [7, 11) is 0. The van der Waals surface area contributed by atoms with Crippen molar-refractivity contribution in [2.45, 2.75) is 20.4 Å². The van der Waals surface area contributed by atoms with Crippen molar-refractivity contribution >= 4 is 11.4 Å². The second-order valence-electron chi connectivity index (χ2n) is 4.34. The fraction of sp³-hybridized carbons (Fsp3) is 0.214. The first kappa shape index (κ1) is 12.4. The second kappa shape index (κ2) is 5.04. The van der Waals surface area contributed by atoms with Crippen molar-refractivity contribution in [2.24, 2.45) is 0 Å². The number of nitrogens with two attached hydrogens (primary N) is 1. The van der Waals surface area contributed by atoms with Crippen LogP contribution in [-0.2, 0) is 6.54 Å². The van der Waals surface area contributed by atoms with Gasteiger partial charge in [-0.15, -0.1) is 0 Å². The number of rotatable bonds is 3. The number of halogens is 1. The number of nitrogens with zero attached hydrogens (tertiary/aromatic N) is 1. The maximum atomic E-state index is 13.8. The number of benzene rings is 1. The fourth-order valence-electron chi connectivity index (χ4n) is 1.61. The predicted molar refractivity (Wildman–Crippen MR) is 71.9 cm³/mol. The third kappa shape index (κ3) is 2.59. The van der Waals surface area contributed by atoms with Crippen LogP contribution in [-0.4, -0.2) is 4.98 Å². The van der Waals surface area contributed by atoms with Crippen molar-refractivity contribution in [3.63, 3.8) is 0 Å². The second-order valence-corrected chi connectivity index (χ2v) is 4.34. The minimum atomic E-state index is -0.401. The van der Waals surface area contributed by atoms with Crippen LogP contribution in [0.15, 0.2) is 30.5 Å². The van der Waals surface area contributed by atoms with Crippen molar-refractivity contribution in [3.05, 3.63) is 53.1 Å². The SMILES string of the molecule is Cc1ccc(CNc2ccc(C)c(N)c2F)nc1. The number of aromatic nitrogens is 1. The van der Waals surface area contributed by atoms with Gasteiger partial charge in [0.2, 0.25) is 0 Å². The summed E-state index contributed by atoms with van der Waals surface area (Å²) in [5, 5.41) is 3.00. The van der Waals surface area contributed by atoms with Gasteiger partial charge in [0, 0.05) is 6.20 Å². The first-order valence-electron chi connectivity index (χ1n) is 5.78. The van der Waals surface area contributed by atoms with E-state index in [0.717, 1.165) is 16.8 Å². The van der Waals surface area contributed by atoms with Gasteiger partial charge in [-0.2, -0.15) is 0 Å². The molecule has 0 saturated carbocycles. The van der Waals surface area contributed by atoms with Crippen LogP contribution >= 0.6 is 0 Å². The van der Waals surface area contributed by atoms with Gasteiger partial charge in [0.05, 0.1) is 23.6 Å². The van der Waals surface area contributed by atoms with Gasteiger partial charge in [0.15, 0.2) is 5.82 Å². The Morgan fingerprint density at radius 3 is 2.67 bits per heavy atom. The summed E-state index contributed by atoms with van der Waals surface area (Å²) in [5.41, 5.74) is 8.94. The normalized spacial score (nSPS) is 10.4. The summed E-state index contributed by atoms with van der Waals surface area (Å²) in [6.07, 6.45) is 1.79. The van der Waals surface area contributed by atoms with Crippen LogP contribution in [0.5, 0.6) is 0 Å². The van der Waals surface area contributed by atoms with Crippen molar-refractivity contribution in [3.8, 4) is 0 Å². The topological polar surface area (TPSA) is 50.9 Å². The highest BCUT2D eigenvalue weighted by molar-refractivity contribution is 5.60. The fourth-order valence-corrected chi connectivity index (χ4v) is 1.61. The molecule has 1 aromatic carbocycles. The number of aryl methyl sites for hydroxylation is 2. The molecule has 0 saturated heterocycles. The molecule has 3 nitrogen and oxygen atoms in total. The van der Waals surface area contributed by atoms with Crippen LogP contribution in [0.1, 0.15) is 16.8 Å². The largest absolute Gasteiger partial charge is 0.396 e. The van der Waals surface area contributed by atoms with Crippen LogP contribution in [0.25, 0.3) is 0 Å². The molecule has 0 aliphatic heterocycles. The number of nitrogen functional groups attached to an aromatic ring is 1. The standard InChI is InChI=1S/C14H16FN3/c1-9-3-5-11(17-7-9)8-18-12-6-4-10(2)14(16)13(12)15/h3-7,18H,8,16H2,1-2H3. The minimum absolute atomic E-state index is 0.192. The molecule has 0 bridgehead atoms. The molecule has 94 valence electrons. The summed E-state index contributed by atoms with van der Waals surface area (Å²) >= 11 is 0. The van der Waals surface area contributed by atoms with Crippen molar-refractivity contribution in [1.82, 2.24) is 4.98 Å². The van der Waals surface area contributed by atoms with Crippen LogP contribution in [0, 0.1) is 19.7 Å². The molecule has 0 atom stereocenters. The average molecular weight is 245 g/mol. The Hall–Kier alpha value is -2.10. The van der Waals surface area contributed by atoms with Crippen LogP contribution in [0.2, 0.25) is 0 Å². The molecule has 0 aliphatic carbocycles. The molecular formula is C14H16FN3. The Labute approximate surface area is 106 Å². The lowest BCUT2D eigenvalue weighted by atomic mass is 10.1. The number of hydrogen-bond donors (Lipinski definition) is 2. The van der Waals surface area contributed by atoms with Gasteiger partial charge in [0.1, 0.15) is 0 Å². The van der Waals surface area contributed by atoms with Gasteiger partial charge < -0.3 is 11.1 Å². The summed E-state index contributed by atoms with van der Waals surface area (Å²) in [5.74, 6) is -0.401. The highest BCUT2D eigenvalue weighted by Gasteiger charge is 2.07. The number of nitrogens with one attached hydrogen (secondary N) is 1. The van der Waals surface area contributed by atoms with E-state index >= 15 is 0 Å². The van der Waals surface area contributed by atoms with E-state index in [1.54, 1.807) is 25.3 Å². The Morgan fingerprint density at radius 1 is 1.22 bits per heavy atom. The highest BCUT2D eigenvalue weighted by Crippen LogP contribution is 2.23. The molecular weight excluding hydrogens is 229 g/mol. The predicted octanol–water partition coefficient (Wildman–Crippen LogP) is 3.03. The Kier molecular flexibility index (Phi) is 3.46. The summed E-state index contributed by atoms with van der Waals surface area (Å²) < 4.78 is 13.8. The maximum Gasteiger partial charge on any atom is 0.169 e. The lowest BCUT2D eigenvalue weighted by Gasteiger charge is -2.10. The lowest BCUT2D eigenvalue weighted by Crippen LogP contribution is -2.05. The maximum absolute atomic E-state index is 13.8. The molecule has 0 amide bonds. The monoisotopic (exact) mass is 245 g/mol. The first-order valence-corrected chi connectivity index (χ1v) is 5.78. The molecule has 0 spiro atoms. The molecule has 1 aromatic heterocycles. The molecule has 4 heteroatoms. The smallest absolute Gasteiger partial charge is 0.169 e. The third-order valence-electron chi connectivity index (χ3n) is 2.83. The zero-order chi connectivity index (χ0) is 13.1. The van der Waals surface area contributed by atoms with Crippen LogP contribution < -0.4 is 11.1 Å². The van der Waals surface area contributed by atoms with E-state index in [0.29, 0.717) is 12.2 Å². The van der Waals surface area contributed by atoms with Gasteiger partial charge in [-0.25, -0.2) is 4.39 Å².